The molecule has 3 rings (SSSR count). The molecule has 0 aliphatic heterocycles. The van der Waals surface area contributed by atoms with E-state index in [4.69, 9.17) is 11.6 Å². The predicted octanol–water partition coefficient (Wildman–Crippen LogP) is 3.75. The number of rotatable bonds is 0. The van der Waals surface area contributed by atoms with E-state index in [-0.39, 0.29) is 5.78 Å². The number of benzene rings is 2. The van der Waals surface area contributed by atoms with Crippen molar-refractivity contribution in [2.45, 2.75) is 6.42 Å². The van der Waals surface area contributed by atoms with Crippen LogP contribution >= 0.6 is 11.6 Å². The molecule has 1 nitrogen and oxygen atoms in total. The lowest BCUT2D eigenvalue weighted by molar-refractivity contribution is 0.0992. The standard InChI is InChI=1S/C14H9ClO/c15-13-7-3-6-10-9-4-1-2-5-11(9)14(16)8-12(10)13/h1-7H,8H2. The van der Waals surface area contributed by atoms with Crippen LogP contribution in [0.15, 0.2) is 42.5 Å². The predicted molar refractivity (Wildman–Crippen MR) is 64.9 cm³/mol. The molecule has 0 saturated carbocycles. The molecule has 0 N–H and O–H groups in total. The molecular formula is C14H9ClO. The average molecular weight is 229 g/mol. The van der Waals surface area contributed by atoms with E-state index in [1.54, 1.807) is 0 Å². The van der Waals surface area contributed by atoms with Crippen molar-refractivity contribution in [3.63, 3.8) is 0 Å². The van der Waals surface area contributed by atoms with Gasteiger partial charge in [0.25, 0.3) is 0 Å². The maximum Gasteiger partial charge on any atom is 0.167 e. The van der Waals surface area contributed by atoms with Gasteiger partial charge in [-0.3, -0.25) is 4.79 Å². The Hall–Kier alpha value is -1.60. The average Bonchev–Trinajstić information content (AvgIpc) is 2.31. The molecule has 2 aromatic rings. The van der Waals surface area contributed by atoms with Gasteiger partial charge in [-0.1, -0.05) is 48.0 Å². The molecule has 0 atom stereocenters. The molecule has 16 heavy (non-hydrogen) atoms. The Balaban J connectivity index is 2.36. The number of carbonyl (C=O) groups is 1. The van der Waals surface area contributed by atoms with E-state index in [9.17, 15) is 4.79 Å². The van der Waals surface area contributed by atoms with Gasteiger partial charge in [0, 0.05) is 17.0 Å². The molecule has 0 unspecified atom stereocenters. The molecule has 0 radical (unpaired) electrons. The quantitative estimate of drug-likeness (QED) is 0.671. The molecule has 0 aromatic heterocycles. The van der Waals surface area contributed by atoms with E-state index in [0.717, 1.165) is 22.3 Å². The summed E-state index contributed by atoms with van der Waals surface area (Å²) in [5, 5.41) is 0.681. The third-order valence-electron chi connectivity index (χ3n) is 2.97. The summed E-state index contributed by atoms with van der Waals surface area (Å²) in [4.78, 5) is 11.9. The minimum Gasteiger partial charge on any atom is -0.294 e. The molecule has 1 aliphatic carbocycles. The first-order valence-electron chi connectivity index (χ1n) is 5.17. The second-order valence-electron chi connectivity index (χ2n) is 3.91. The Kier molecular flexibility index (Phi) is 2.08. The third kappa shape index (κ3) is 1.29. The van der Waals surface area contributed by atoms with E-state index in [1.807, 2.05) is 42.5 Å². The molecule has 0 fully saturated rings. The first-order chi connectivity index (χ1) is 7.77. The Labute approximate surface area is 98.7 Å². The zero-order chi connectivity index (χ0) is 11.1. The SMILES string of the molecule is O=C1Cc2c(Cl)cccc2-c2ccccc21. The first kappa shape index (κ1) is 9.61. The number of hydrogen-bond acceptors (Lipinski definition) is 1. The van der Waals surface area contributed by atoms with Crippen LogP contribution in [-0.4, -0.2) is 5.78 Å². The molecule has 0 bridgehead atoms. The van der Waals surface area contributed by atoms with Crippen molar-refractivity contribution in [1.29, 1.82) is 0 Å². The van der Waals surface area contributed by atoms with Gasteiger partial charge in [-0.25, -0.2) is 0 Å². The maximum absolute atomic E-state index is 11.9. The van der Waals surface area contributed by atoms with Crippen molar-refractivity contribution in [1.82, 2.24) is 0 Å². The summed E-state index contributed by atoms with van der Waals surface area (Å²) in [7, 11) is 0. The molecular weight excluding hydrogens is 220 g/mol. The third-order valence-corrected chi connectivity index (χ3v) is 3.33. The van der Waals surface area contributed by atoms with Gasteiger partial charge in [0.1, 0.15) is 0 Å². The van der Waals surface area contributed by atoms with Crippen molar-refractivity contribution < 1.29 is 4.79 Å². The largest absolute Gasteiger partial charge is 0.294 e. The van der Waals surface area contributed by atoms with Crippen molar-refractivity contribution in [2.24, 2.45) is 0 Å². The highest BCUT2D eigenvalue weighted by molar-refractivity contribution is 6.32. The Morgan fingerprint density at radius 3 is 2.38 bits per heavy atom. The molecule has 0 amide bonds. The second-order valence-corrected chi connectivity index (χ2v) is 4.32. The van der Waals surface area contributed by atoms with E-state index in [0.29, 0.717) is 11.4 Å². The van der Waals surface area contributed by atoms with E-state index < -0.39 is 0 Å². The van der Waals surface area contributed by atoms with Crippen molar-refractivity contribution in [3.05, 3.63) is 58.6 Å². The lowest BCUT2D eigenvalue weighted by Crippen LogP contribution is -2.12. The summed E-state index contributed by atoms with van der Waals surface area (Å²) in [6.07, 6.45) is 0.409. The first-order valence-corrected chi connectivity index (χ1v) is 5.55. The van der Waals surface area contributed by atoms with Gasteiger partial charge in [0.15, 0.2) is 5.78 Å². The fourth-order valence-electron chi connectivity index (χ4n) is 2.21. The summed E-state index contributed by atoms with van der Waals surface area (Å²) in [6, 6.07) is 13.5. The van der Waals surface area contributed by atoms with Crippen LogP contribution < -0.4 is 0 Å². The van der Waals surface area contributed by atoms with Crippen LogP contribution in [0.1, 0.15) is 15.9 Å². The second kappa shape index (κ2) is 3.46. The number of Topliss-reactive ketones (excluding diaryl/α,β-unsaturated/α-hetero) is 1. The molecule has 78 valence electrons. The number of hydrogen-bond donors (Lipinski definition) is 0. The fraction of sp³-hybridized carbons (Fsp3) is 0.0714. The van der Waals surface area contributed by atoms with Crippen LogP contribution in [0.2, 0.25) is 5.02 Å². The number of halogens is 1. The lowest BCUT2D eigenvalue weighted by atomic mass is 9.85. The number of carbonyl (C=O) groups excluding carboxylic acids is 1. The van der Waals surface area contributed by atoms with Crippen molar-refractivity contribution >= 4 is 17.4 Å². The van der Waals surface area contributed by atoms with Crippen LogP contribution in [0.5, 0.6) is 0 Å². The Morgan fingerprint density at radius 1 is 0.875 bits per heavy atom. The molecule has 0 spiro atoms. The number of ketones is 1. The minimum atomic E-state index is 0.149. The van der Waals surface area contributed by atoms with Crippen LogP contribution in [0.25, 0.3) is 11.1 Å². The summed E-state index contributed by atoms with van der Waals surface area (Å²) in [5.41, 5.74) is 3.84. The maximum atomic E-state index is 11.9. The summed E-state index contributed by atoms with van der Waals surface area (Å²) in [5.74, 6) is 0.149. The topological polar surface area (TPSA) is 17.1 Å². The zero-order valence-electron chi connectivity index (χ0n) is 8.53. The highest BCUT2D eigenvalue weighted by Gasteiger charge is 2.23. The fourth-order valence-corrected chi connectivity index (χ4v) is 2.45. The zero-order valence-corrected chi connectivity index (χ0v) is 9.29. The van der Waals surface area contributed by atoms with Gasteiger partial charge in [-0.15, -0.1) is 0 Å². The Morgan fingerprint density at radius 2 is 1.56 bits per heavy atom. The molecule has 1 aliphatic rings. The smallest absolute Gasteiger partial charge is 0.167 e. The highest BCUT2D eigenvalue weighted by Crippen LogP contribution is 2.36. The van der Waals surface area contributed by atoms with Crippen LogP contribution in [0.3, 0.4) is 0 Å². The summed E-state index contributed by atoms with van der Waals surface area (Å²) in [6.45, 7) is 0. The molecule has 2 heteroatoms. The van der Waals surface area contributed by atoms with Crippen LogP contribution in [-0.2, 0) is 6.42 Å². The number of fused-ring (bicyclic) bond motifs is 3. The normalized spacial score (nSPS) is 13.2. The molecule has 0 heterocycles. The van der Waals surface area contributed by atoms with Gasteiger partial charge >= 0.3 is 0 Å². The minimum absolute atomic E-state index is 0.149. The van der Waals surface area contributed by atoms with Gasteiger partial charge in [-0.05, 0) is 22.8 Å². The Bertz CT molecular complexity index is 587. The van der Waals surface area contributed by atoms with Gasteiger partial charge in [0.2, 0.25) is 0 Å². The molecule has 0 saturated heterocycles. The van der Waals surface area contributed by atoms with Crippen molar-refractivity contribution in [2.75, 3.05) is 0 Å². The van der Waals surface area contributed by atoms with Crippen LogP contribution in [0, 0.1) is 0 Å². The van der Waals surface area contributed by atoms with E-state index >= 15 is 0 Å². The van der Waals surface area contributed by atoms with Crippen molar-refractivity contribution in [3.8, 4) is 11.1 Å². The highest BCUT2D eigenvalue weighted by atomic mass is 35.5. The van der Waals surface area contributed by atoms with Crippen LogP contribution in [0.4, 0.5) is 0 Å². The van der Waals surface area contributed by atoms with Gasteiger partial charge in [0.05, 0.1) is 0 Å². The van der Waals surface area contributed by atoms with Gasteiger partial charge < -0.3 is 0 Å². The van der Waals surface area contributed by atoms with E-state index in [2.05, 4.69) is 0 Å². The summed E-state index contributed by atoms with van der Waals surface area (Å²) >= 11 is 6.12. The van der Waals surface area contributed by atoms with E-state index in [1.165, 1.54) is 0 Å². The lowest BCUT2D eigenvalue weighted by Gasteiger charge is -2.19. The monoisotopic (exact) mass is 228 g/mol. The van der Waals surface area contributed by atoms with Gasteiger partial charge in [-0.2, -0.15) is 0 Å². The summed E-state index contributed by atoms with van der Waals surface area (Å²) < 4.78 is 0. The molecule has 2 aromatic carbocycles.